The fourth-order valence-electron chi connectivity index (χ4n) is 3.30. The minimum atomic E-state index is 0.0398. The maximum Gasteiger partial charge on any atom is 0.318 e. The minimum Gasteiger partial charge on any atom is -0.461 e. The Morgan fingerprint density at radius 1 is 1.07 bits per heavy atom. The molecule has 1 fully saturated rings. The van der Waals surface area contributed by atoms with Crippen LogP contribution >= 0.6 is 0 Å². The van der Waals surface area contributed by atoms with Crippen LogP contribution in [0.15, 0.2) is 30.5 Å². The first kappa shape index (κ1) is 17.9. The summed E-state index contributed by atoms with van der Waals surface area (Å²) in [4.78, 5) is 25.2. The van der Waals surface area contributed by atoms with Crippen molar-refractivity contribution in [1.82, 2.24) is 14.9 Å². The third-order valence-corrected chi connectivity index (χ3v) is 4.96. The summed E-state index contributed by atoms with van der Waals surface area (Å²) in [6, 6.07) is 8.76. The number of carbonyl (C=O) groups is 1. The number of hydrogen-bond donors (Lipinski definition) is 0. The van der Waals surface area contributed by atoms with E-state index in [1.165, 1.54) is 25.1 Å². The summed E-state index contributed by atoms with van der Waals surface area (Å²) in [5.74, 6) is 0.685. The molecule has 0 unspecified atom stereocenters. The molecule has 2 aliphatic rings. The van der Waals surface area contributed by atoms with Crippen LogP contribution in [0.4, 0.5) is 5.82 Å². The number of hydrogen-bond acceptors (Lipinski definition) is 6. The second-order valence-corrected chi connectivity index (χ2v) is 6.95. The van der Waals surface area contributed by atoms with Gasteiger partial charge in [-0.05, 0) is 30.6 Å². The van der Waals surface area contributed by atoms with Crippen molar-refractivity contribution in [2.75, 3.05) is 38.3 Å². The molecular weight excluding hydrogens is 344 g/mol. The normalized spacial score (nSPS) is 16.3. The molecule has 2 aliphatic heterocycles. The molecular formula is C20H24N4O3. The predicted molar refractivity (Wildman–Crippen MR) is 101 cm³/mol. The SMILES string of the molecule is COCCOc1ncc2c(n1)N(Cc1ccc(CN3CCC3)cc1)C(=O)C2. The Kier molecular flexibility index (Phi) is 5.31. The fraction of sp³-hybridized carbons (Fsp3) is 0.450. The van der Waals surface area contributed by atoms with Crippen molar-refractivity contribution in [3.63, 3.8) is 0 Å². The third kappa shape index (κ3) is 4.09. The van der Waals surface area contributed by atoms with Gasteiger partial charge in [0.25, 0.3) is 0 Å². The molecule has 0 radical (unpaired) electrons. The minimum absolute atomic E-state index is 0.0398. The summed E-state index contributed by atoms with van der Waals surface area (Å²) < 4.78 is 10.5. The number of fused-ring (bicyclic) bond motifs is 1. The summed E-state index contributed by atoms with van der Waals surface area (Å²) >= 11 is 0. The van der Waals surface area contributed by atoms with Crippen molar-refractivity contribution in [2.24, 2.45) is 0 Å². The van der Waals surface area contributed by atoms with Gasteiger partial charge in [0.05, 0.1) is 19.6 Å². The molecule has 3 heterocycles. The second kappa shape index (κ2) is 8.02. The first-order chi connectivity index (χ1) is 13.2. The van der Waals surface area contributed by atoms with E-state index in [1.807, 2.05) is 0 Å². The third-order valence-electron chi connectivity index (χ3n) is 4.96. The highest BCUT2D eigenvalue weighted by atomic mass is 16.5. The quantitative estimate of drug-likeness (QED) is 0.662. The highest BCUT2D eigenvalue weighted by Crippen LogP contribution is 2.29. The van der Waals surface area contributed by atoms with E-state index in [0.717, 1.165) is 17.7 Å². The van der Waals surface area contributed by atoms with Gasteiger partial charge < -0.3 is 9.47 Å². The van der Waals surface area contributed by atoms with Gasteiger partial charge in [0.2, 0.25) is 5.91 Å². The van der Waals surface area contributed by atoms with E-state index in [2.05, 4.69) is 39.1 Å². The lowest BCUT2D eigenvalue weighted by Gasteiger charge is -2.30. The first-order valence-corrected chi connectivity index (χ1v) is 9.31. The van der Waals surface area contributed by atoms with Crippen molar-refractivity contribution >= 4 is 11.7 Å². The van der Waals surface area contributed by atoms with Crippen molar-refractivity contribution < 1.29 is 14.3 Å². The topological polar surface area (TPSA) is 67.8 Å². The highest BCUT2D eigenvalue weighted by Gasteiger charge is 2.30. The van der Waals surface area contributed by atoms with Crippen LogP contribution < -0.4 is 9.64 Å². The molecule has 27 heavy (non-hydrogen) atoms. The highest BCUT2D eigenvalue weighted by molar-refractivity contribution is 6.00. The van der Waals surface area contributed by atoms with Crippen LogP contribution in [-0.2, 0) is 29.0 Å². The summed E-state index contributed by atoms with van der Waals surface area (Å²) in [6.45, 7) is 4.73. The van der Waals surface area contributed by atoms with Crippen LogP contribution in [0.3, 0.4) is 0 Å². The molecule has 1 aromatic heterocycles. The molecule has 1 saturated heterocycles. The number of methoxy groups -OCH3 is 1. The summed E-state index contributed by atoms with van der Waals surface area (Å²) in [5, 5.41) is 0. The summed E-state index contributed by atoms with van der Waals surface area (Å²) in [6.07, 6.45) is 3.31. The van der Waals surface area contributed by atoms with Gasteiger partial charge in [-0.15, -0.1) is 0 Å². The molecule has 1 aromatic carbocycles. The molecule has 1 amide bonds. The lowest BCUT2D eigenvalue weighted by molar-refractivity contribution is -0.117. The van der Waals surface area contributed by atoms with Crippen molar-refractivity contribution in [1.29, 1.82) is 0 Å². The molecule has 4 rings (SSSR count). The maximum atomic E-state index is 12.5. The number of likely N-dealkylation sites (tertiary alicyclic amines) is 1. The van der Waals surface area contributed by atoms with Crippen LogP contribution in [-0.4, -0.2) is 54.2 Å². The number of ether oxygens (including phenoxy) is 2. The predicted octanol–water partition coefficient (Wildman–Crippen LogP) is 1.80. The van der Waals surface area contributed by atoms with E-state index in [0.29, 0.717) is 32.0 Å². The average Bonchev–Trinajstić information content (AvgIpc) is 2.95. The van der Waals surface area contributed by atoms with Crippen LogP contribution in [0.2, 0.25) is 0 Å². The van der Waals surface area contributed by atoms with Gasteiger partial charge >= 0.3 is 6.01 Å². The number of anilines is 1. The molecule has 7 heteroatoms. The van der Waals surface area contributed by atoms with E-state index >= 15 is 0 Å². The van der Waals surface area contributed by atoms with Gasteiger partial charge in [-0.3, -0.25) is 14.6 Å². The van der Waals surface area contributed by atoms with E-state index in [1.54, 1.807) is 18.2 Å². The van der Waals surface area contributed by atoms with Gasteiger partial charge in [-0.2, -0.15) is 4.98 Å². The molecule has 0 N–H and O–H groups in total. The number of benzene rings is 1. The smallest absolute Gasteiger partial charge is 0.318 e. The Labute approximate surface area is 158 Å². The first-order valence-electron chi connectivity index (χ1n) is 9.31. The standard InChI is InChI=1S/C20H24N4O3/c1-26-9-10-27-20-21-12-17-11-18(25)24(19(17)22-20)14-16-5-3-15(4-6-16)13-23-7-2-8-23/h3-6,12H,2,7-11,13-14H2,1H3. The zero-order valence-electron chi connectivity index (χ0n) is 15.6. The summed E-state index contributed by atoms with van der Waals surface area (Å²) in [5.41, 5.74) is 3.24. The van der Waals surface area contributed by atoms with Gasteiger partial charge in [0, 0.05) is 25.4 Å². The van der Waals surface area contributed by atoms with E-state index in [9.17, 15) is 4.79 Å². The second-order valence-electron chi connectivity index (χ2n) is 6.95. The zero-order chi connectivity index (χ0) is 18.6. The summed E-state index contributed by atoms with van der Waals surface area (Å²) in [7, 11) is 1.61. The molecule has 0 saturated carbocycles. The Morgan fingerprint density at radius 2 is 1.81 bits per heavy atom. The van der Waals surface area contributed by atoms with Crippen molar-refractivity contribution in [3.05, 3.63) is 47.2 Å². The van der Waals surface area contributed by atoms with Crippen molar-refractivity contribution in [2.45, 2.75) is 25.9 Å². The van der Waals surface area contributed by atoms with Crippen LogP contribution in [0.1, 0.15) is 23.1 Å². The maximum absolute atomic E-state index is 12.5. The number of carbonyl (C=O) groups excluding carboxylic acids is 1. The molecule has 142 valence electrons. The number of rotatable bonds is 8. The Hall–Kier alpha value is -2.51. The Morgan fingerprint density at radius 3 is 2.48 bits per heavy atom. The average molecular weight is 368 g/mol. The molecule has 0 spiro atoms. The Balaban J connectivity index is 1.44. The van der Waals surface area contributed by atoms with Gasteiger partial charge in [0.1, 0.15) is 12.4 Å². The zero-order valence-corrected chi connectivity index (χ0v) is 15.6. The molecule has 7 nitrogen and oxygen atoms in total. The fourth-order valence-corrected chi connectivity index (χ4v) is 3.30. The van der Waals surface area contributed by atoms with Gasteiger partial charge in [0.15, 0.2) is 0 Å². The van der Waals surface area contributed by atoms with E-state index in [4.69, 9.17) is 9.47 Å². The lowest BCUT2D eigenvalue weighted by Crippen LogP contribution is -2.36. The van der Waals surface area contributed by atoms with E-state index < -0.39 is 0 Å². The number of amides is 1. The Bertz CT molecular complexity index is 805. The van der Waals surface area contributed by atoms with Crippen LogP contribution in [0, 0.1) is 0 Å². The van der Waals surface area contributed by atoms with Crippen LogP contribution in [0.5, 0.6) is 6.01 Å². The largest absolute Gasteiger partial charge is 0.461 e. The molecule has 0 bridgehead atoms. The molecule has 0 atom stereocenters. The van der Waals surface area contributed by atoms with Gasteiger partial charge in [-0.25, -0.2) is 4.98 Å². The number of aromatic nitrogens is 2. The molecule has 2 aromatic rings. The monoisotopic (exact) mass is 368 g/mol. The van der Waals surface area contributed by atoms with Crippen LogP contribution in [0.25, 0.3) is 0 Å². The molecule has 0 aliphatic carbocycles. The van der Waals surface area contributed by atoms with E-state index in [-0.39, 0.29) is 11.9 Å². The van der Waals surface area contributed by atoms with Gasteiger partial charge in [-0.1, -0.05) is 24.3 Å². The van der Waals surface area contributed by atoms with Crippen molar-refractivity contribution in [3.8, 4) is 6.01 Å². The lowest BCUT2D eigenvalue weighted by atomic mass is 10.1. The number of nitrogens with zero attached hydrogens (tertiary/aromatic N) is 4.